The zero-order valence-corrected chi connectivity index (χ0v) is 19.8. The maximum atomic E-state index is 12.6. The molecule has 2 N–H and O–H groups in total. The number of carbonyl (C=O) groups is 1. The molecule has 1 unspecified atom stereocenters. The first-order valence-electron chi connectivity index (χ1n) is 12.2. The van der Waals surface area contributed by atoms with E-state index < -0.39 is 0 Å². The number of aliphatic imine (C=N–C) groups is 1. The predicted molar refractivity (Wildman–Crippen MR) is 129 cm³/mol. The van der Waals surface area contributed by atoms with Crippen molar-refractivity contribution in [3.05, 3.63) is 18.5 Å². The third-order valence-corrected chi connectivity index (χ3v) is 6.26. The van der Waals surface area contributed by atoms with Crippen molar-refractivity contribution in [1.82, 2.24) is 30.4 Å². The minimum Gasteiger partial charge on any atom is -0.357 e. The molecule has 0 aliphatic carbocycles. The number of hydrogen-bond acceptors (Lipinski definition) is 6. The molecular weight excluding hydrogens is 404 g/mol. The fourth-order valence-corrected chi connectivity index (χ4v) is 4.35. The van der Waals surface area contributed by atoms with Gasteiger partial charge in [-0.3, -0.25) is 9.79 Å². The standard InChI is InChI=1S/C23H40N8O/c1-3-24-22(25-12-7-15-29-14-5-4-8-20(29)2)26-13-9-21(32)30-16-18-31(19-17-30)23-27-10-6-11-28-23/h6,10-11,20H,3-5,7-9,12-19H2,1-2H3,(H2,24,25,26). The van der Waals surface area contributed by atoms with E-state index in [0.29, 0.717) is 32.1 Å². The van der Waals surface area contributed by atoms with E-state index >= 15 is 0 Å². The second kappa shape index (κ2) is 13.2. The Balaban J connectivity index is 1.33. The third kappa shape index (κ3) is 7.62. The predicted octanol–water partition coefficient (Wildman–Crippen LogP) is 1.33. The van der Waals surface area contributed by atoms with Gasteiger partial charge >= 0.3 is 0 Å². The molecule has 1 atom stereocenters. The minimum absolute atomic E-state index is 0.182. The average Bonchev–Trinajstić information content (AvgIpc) is 2.83. The average molecular weight is 445 g/mol. The van der Waals surface area contributed by atoms with Crippen LogP contribution >= 0.6 is 0 Å². The van der Waals surface area contributed by atoms with E-state index in [0.717, 1.165) is 51.1 Å². The molecule has 0 radical (unpaired) electrons. The lowest BCUT2D eigenvalue weighted by atomic mass is 10.0. The van der Waals surface area contributed by atoms with Gasteiger partial charge in [0, 0.05) is 77.2 Å². The Labute approximate surface area is 192 Å². The molecule has 1 aromatic rings. The number of piperazine rings is 1. The zero-order chi connectivity index (χ0) is 22.6. The van der Waals surface area contributed by atoms with Gasteiger partial charge in [0.15, 0.2) is 5.96 Å². The zero-order valence-electron chi connectivity index (χ0n) is 19.8. The SMILES string of the molecule is CCNC(=NCCCN1CCCCC1C)NCCC(=O)N1CCN(c2ncccn2)CC1. The number of piperidine rings is 1. The number of rotatable bonds is 9. The summed E-state index contributed by atoms with van der Waals surface area (Å²) in [6.07, 6.45) is 9.04. The van der Waals surface area contributed by atoms with Crippen molar-refractivity contribution in [3.8, 4) is 0 Å². The molecule has 2 fully saturated rings. The number of nitrogens with one attached hydrogen (secondary N) is 2. The normalized spacial score (nSPS) is 20.3. The first-order valence-corrected chi connectivity index (χ1v) is 12.2. The fourth-order valence-electron chi connectivity index (χ4n) is 4.35. The van der Waals surface area contributed by atoms with Gasteiger partial charge in [0.2, 0.25) is 11.9 Å². The van der Waals surface area contributed by atoms with Crippen molar-refractivity contribution < 1.29 is 4.79 Å². The minimum atomic E-state index is 0.182. The molecule has 1 amide bonds. The summed E-state index contributed by atoms with van der Waals surface area (Å²) in [4.78, 5) is 32.6. The highest BCUT2D eigenvalue weighted by atomic mass is 16.2. The summed E-state index contributed by atoms with van der Waals surface area (Å²) in [7, 11) is 0. The van der Waals surface area contributed by atoms with Crippen LogP contribution in [0.15, 0.2) is 23.5 Å². The Hall–Kier alpha value is -2.42. The van der Waals surface area contributed by atoms with E-state index in [9.17, 15) is 4.79 Å². The lowest BCUT2D eigenvalue weighted by molar-refractivity contribution is -0.131. The van der Waals surface area contributed by atoms with Crippen LogP contribution in [0.1, 0.15) is 46.0 Å². The van der Waals surface area contributed by atoms with Crippen LogP contribution in [0.4, 0.5) is 5.95 Å². The molecule has 2 saturated heterocycles. The highest BCUT2D eigenvalue weighted by Crippen LogP contribution is 2.16. The topological polar surface area (TPSA) is 89.0 Å². The van der Waals surface area contributed by atoms with Crippen LogP contribution in [0.3, 0.4) is 0 Å². The van der Waals surface area contributed by atoms with Gasteiger partial charge in [0.1, 0.15) is 0 Å². The molecular formula is C23H40N8O. The Morgan fingerprint density at radius 2 is 1.91 bits per heavy atom. The number of hydrogen-bond donors (Lipinski definition) is 2. The van der Waals surface area contributed by atoms with Gasteiger partial charge in [0.25, 0.3) is 0 Å². The maximum Gasteiger partial charge on any atom is 0.225 e. The number of amides is 1. The number of guanidine groups is 1. The summed E-state index contributed by atoms with van der Waals surface area (Å²) >= 11 is 0. The quantitative estimate of drug-likeness (QED) is 0.337. The van der Waals surface area contributed by atoms with Crippen molar-refractivity contribution in [2.75, 3.05) is 63.8 Å². The van der Waals surface area contributed by atoms with E-state index in [2.05, 4.69) is 44.2 Å². The van der Waals surface area contributed by atoms with Crippen LogP contribution in [0, 0.1) is 0 Å². The second-order valence-corrected chi connectivity index (χ2v) is 8.59. The lowest BCUT2D eigenvalue weighted by Crippen LogP contribution is -2.50. The molecule has 9 heteroatoms. The van der Waals surface area contributed by atoms with Crippen LogP contribution < -0.4 is 15.5 Å². The van der Waals surface area contributed by atoms with Gasteiger partial charge in [-0.1, -0.05) is 6.42 Å². The van der Waals surface area contributed by atoms with Gasteiger partial charge < -0.3 is 25.3 Å². The molecule has 9 nitrogen and oxygen atoms in total. The molecule has 0 aromatic carbocycles. The van der Waals surface area contributed by atoms with E-state index in [1.807, 2.05) is 11.0 Å². The molecule has 0 spiro atoms. The van der Waals surface area contributed by atoms with Crippen molar-refractivity contribution in [3.63, 3.8) is 0 Å². The number of nitrogens with zero attached hydrogens (tertiary/aromatic N) is 6. The molecule has 0 bridgehead atoms. The van der Waals surface area contributed by atoms with E-state index in [1.54, 1.807) is 12.4 Å². The fraction of sp³-hybridized carbons (Fsp3) is 0.739. The second-order valence-electron chi connectivity index (χ2n) is 8.59. The first kappa shape index (κ1) is 24.2. The molecule has 0 saturated carbocycles. The summed E-state index contributed by atoms with van der Waals surface area (Å²) < 4.78 is 0. The Kier molecular flexibility index (Phi) is 9.99. The maximum absolute atomic E-state index is 12.6. The Morgan fingerprint density at radius 3 is 2.62 bits per heavy atom. The number of anilines is 1. The van der Waals surface area contributed by atoms with E-state index in [4.69, 9.17) is 4.99 Å². The lowest BCUT2D eigenvalue weighted by Gasteiger charge is -2.34. The molecule has 178 valence electrons. The summed E-state index contributed by atoms with van der Waals surface area (Å²) in [6, 6.07) is 2.52. The van der Waals surface area contributed by atoms with Gasteiger partial charge in [-0.05, 0) is 45.7 Å². The van der Waals surface area contributed by atoms with Crippen molar-refractivity contribution in [1.29, 1.82) is 0 Å². The van der Waals surface area contributed by atoms with Gasteiger partial charge in [0.05, 0.1) is 0 Å². The molecule has 1 aromatic heterocycles. The number of aromatic nitrogens is 2. The molecule has 2 aliphatic rings. The largest absolute Gasteiger partial charge is 0.357 e. The number of carbonyl (C=O) groups excluding carboxylic acids is 1. The first-order chi connectivity index (χ1) is 15.7. The molecule has 3 heterocycles. The smallest absolute Gasteiger partial charge is 0.225 e. The monoisotopic (exact) mass is 444 g/mol. The molecule has 3 rings (SSSR count). The van der Waals surface area contributed by atoms with Crippen LogP contribution in [0.5, 0.6) is 0 Å². The third-order valence-electron chi connectivity index (χ3n) is 6.26. The van der Waals surface area contributed by atoms with E-state index in [-0.39, 0.29) is 5.91 Å². The Morgan fingerprint density at radius 1 is 1.12 bits per heavy atom. The van der Waals surface area contributed by atoms with Crippen LogP contribution in [-0.4, -0.2) is 96.6 Å². The van der Waals surface area contributed by atoms with Crippen molar-refractivity contribution >= 4 is 17.8 Å². The van der Waals surface area contributed by atoms with Crippen LogP contribution in [-0.2, 0) is 4.79 Å². The van der Waals surface area contributed by atoms with Gasteiger partial charge in [-0.2, -0.15) is 0 Å². The number of likely N-dealkylation sites (tertiary alicyclic amines) is 1. The van der Waals surface area contributed by atoms with Gasteiger partial charge in [-0.15, -0.1) is 0 Å². The molecule has 32 heavy (non-hydrogen) atoms. The van der Waals surface area contributed by atoms with Crippen molar-refractivity contribution in [2.45, 2.75) is 52.0 Å². The highest BCUT2D eigenvalue weighted by molar-refractivity contribution is 5.81. The van der Waals surface area contributed by atoms with Crippen LogP contribution in [0.25, 0.3) is 0 Å². The van der Waals surface area contributed by atoms with E-state index in [1.165, 1.54) is 25.8 Å². The Bertz CT molecular complexity index is 705. The van der Waals surface area contributed by atoms with Crippen molar-refractivity contribution in [2.24, 2.45) is 4.99 Å². The summed E-state index contributed by atoms with van der Waals surface area (Å²) in [6.45, 7) is 11.9. The highest BCUT2D eigenvalue weighted by Gasteiger charge is 2.22. The summed E-state index contributed by atoms with van der Waals surface area (Å²) in [5, 5.41) is 6.61. The van der Waals surface area contributed by atoms with Crippen LogP contribution in [0.2, 0.25) is 0 Å². The summed E-state index contributed by atoms with van der Waals surface area (Å²) in [5.41, 5.74) is 0. The van der Waals surface area contributed by atoms with Gasteiger partial charge in [-0.25, -0.2) is 9.97 Å². The molecule has 2 aliphatic heterocycles. The summed E-state index contributed by atoms with van der Waals surface area (Å²) in [5.74, 6) is 1.72.